The summed E-state index contributed by atoms with van der Waals surface area (Å²) in [6, 6.07) is 0.438. The van der Waals surface area contributed by atoms with Crippen LogP contribution in [-0.4, -0.2) is 56.9 Å². The lowest BCUT2D eigenvalue weighted by Crippen LogP contribution is -2.36. The molecule has 0 N–H and O–H groups in total. The number of aromatic nitrogens is 4. The Labute approximate surface area is 262 Å². The van der Waals surface area contributed by atoms with E-state index in [0.29, 0.717) is 35.6 Å². The number of likely N-dealkylation sites (N-methyl/N-ethyl adjacent to an activating group) is 2. The van der Waals surface area contributed by atoms with Crippen molar-refractivity contribution in [1.82, 2.24) is 29.7 Å². The van der Waals surface area contributed by atoms with Crippen LogP contribution in [0.3, 0.4) is 0 Å². The summed E-state index contributed by atoms with van der Waals surface area (Å²) < 4.78 is 0. The standard InChI is InChI=1S/2C15H25N3.2C2H6.2CH4/c1-9(2)12-7-18(6)8-13-11(5)16-15(10(3)4)17-14(12)13;1-9(2)14-13-12(7-8-18(14)6)11(5)16-15(17-13)10(3)4;2*1-2;;/h9-10,12H,7-8H2,1-6H3;9-10,14H,7-8H2,1-6H3;2*1-2H3;2*1H4. The van der Waals surface area contributed by atoms with E-state index in [9.17, 15) is 0 Å². The Balaban J connectivity index is 0. The Hall–Kier alpha value is -1.92. The van der Waals surface area contributed by atoms with Gasteiger partial charge in [0.05, 0.1) is 17.4 Å². The number of fused-ring (bicyclic) bond motifs is 2. The second kappa shape index (κ2) is 19.4. The second-order valence-electron chi connectivity index (χ2n) is 12.3. The minimum atomic E-state index is 0. The SMILES string of the molecule is C.C.CC.CC.Cc1nc(C(C)C)nc2c1CCN(C)C2C(C)C.Cc1nc(C(C)C)nc2c1CN(C)CC2C(C)C. The number of nitrogens with zero attached hydrogens (tertiary/aromatic N) is 6. The molecule has 2 aliphatic heterocycles. The van der Waals surface area contributed by atoms with Crippen LogP contribution >= 0.6 is 0 Å². The van der Waals surface area contributed by atoms with Crippen molar-refractivity contribution in [3.05, 3.63) is 45.6 Å². The van der Waals surface area contributed by atoms with Gasteiger partial charge in [-0.15, -0.1) is 0 Å². The molecule has 4 rings (SSSR count). The Morgan fingerprint density at radius 1 is 0.643 bits per heavy atom. The quantitative estimate of drug-likeness (QED) is 0.355. The van der Waals surface area contributed by atoms with E-state index in [2.05, 4.69) is 103 Å². The third-order valence-electron chi connectivity index (χ3n) is 7.75. The Bertz CT molecular complexity index is 1040. The van der Waals surface area contributed by atoms with Crippen LogP contribution in [0.15, 0.2) is 0 Å². The normalized spacial score (nSPS) is 17.9. The van der Waals surface area contributed by atoms with Crippen molar-refractivity contribution in [2.24, 2.45) is 11.8 Å². The Kier molecular flexibility index (Phi) is 19.5. The van der Waals surface area contributed by atoms with E-state index in [1.54, 1.807) is 0 Å². The van der Waals surface area contributed by atoms with Gasteiger partial charge in [0, 0.05) is 54.3 Å². The van der Waals surface area contributed by atoms with E-state index < -0.39 is 0 Å². The molecule has 0 amide bonds. The predicted octanol–water partition coefficient (Wildman–Crippen LogP) is 9.51. The molecule has 42 heavy (non-hydrogen) atoms. The summed E-state index contributed by atoms with van der Waals surface area (Å²) in [4.78, 5) is 23.9. The Morgan fingerprint density at radius 2 is 1.10 bits per heavy atom. The first-order valence-electron chi connectivity index (χ1n) is 15.9. The highest BCUT2D eigenvalue weighted by Gasteiger charge is 2.31. The molecular formula is C36H70N6. The molecule has 6 heteroatoms. The summed E-state index contributed by atoms with van der Waals surface area (Å²) in [6.45, 7) is 33.3. The monoisotopic (exact) mass is 587 g/mol. The highest BCUT2D eigenvalue weighted by molar-refractivity contribution is 5.32. The van der Waals surface area contributed by atoms with Crippen molar-refractivity contribution >= 4 is 0 Å². The third kappa shape index (κ3) is 10.4. The van der Waals surface area contributed by atoms with Crippen LogP contribution in [0.25, 0.3) is 0 Å². The van der Waals surface area contributed by atoms with E-state index >= 15 is 0 Å². The molecule has 4 heterocycles. The first kappa shape index (κ1) is 42.2. The van der Waals surface area contributed by atoms with Gasteiger partial charge in [0.15, 0.2) is 0 Å². The van der Waals surface area contributed by atoms with E-state index in [0.717, 1.165) is 37.7 Å². The zero-order valence-electron chi connectivity index (χ0n) is 29.0. The fourth-order valence-electron chi connectivity index (χ4n) is 5.60. The molecule has 2 aliphatic rings. The average molecular weight is 587 g/mol. The molecule has 2 aromatic rings. The number of aryl methyl sites for hydroxylation is 2. The lowest BCUT2D eigenvalue weighted by atomic mass is 9.85. The van der Waals surface area contributed by atoms with Gasteiger partial charge in [-0.1, -0.05) is 97.9 Å². The van der Waals surface area contributed by atoms with Crippen LogP contribution in [0.1, 0.15) is 167 Å². The molecule has 0 saturated carbocycles. The van der Waals surface area contributed by atoms with Gasteiger partial charge in [0.1, 0.15) is 11.6 Å². The van der Waals surface area contributed by atoms with Crippen molar-refractivity contribution in [2.75, 3.05) is 27.2 Å². The molecule has 0 aromatic carbocycles. The van der Waals surface area contributed by atoms with Crippen molar-refractivity contribution in [3.8, 4) is 0 Å². The maximum Gasteiger partial charge on any atom is 0.131 e. The van der Waals surface area contributed by atoms with Gasteiger partial charge in [-0.05, 0) is 51.8 Å². The largest absolute Gasteiger partial charge is 0.301 e. The van der Waals surface area contributed by atoms with Crippen molar-refractivity contribution in [2.45, 2.75) is 149 Å². The van der Waals surface area contributed by atoms with Gasteiger partial charge in [-0.25, -0.2) is 19.9 Å². The molecule has 0 aliphatic carbocycles. The molecular weight excluding hydrogens is 516 g/mol. The van der Waals surface area contributed by atoms with E-state index in [1.807, 2.05) is 27.7 Å². The molecule has 2 aromatic heterocycles. The average Bonchev–Trinajstić information content (AvgIpc) is 2.90. The predicted molar refractivity (Wildman–Crippen MR) is 186 cm³/mol. The van der Waals surface area contributed by atoms with Gasteiger partial charge in [-0.3, -0.25) is 4.90 Å². The van der Waals surface area contributed by atoms with Gasteiger partial charge < -0.3 is 4.90 Å². The lowest BCUT2D eigenvalue weighted by molar-refractivity contribution is 0.175. The summed E-state index contributed by atoms with van der Waals surface area (Å²) in [5, 5.41) is 0. The van der Waals surface area contributed by atoms with Crippen molar-refractivity contribution < 1.29 is 0 Å². The molecule has 0 saturated heterocycles. The van der Waals surface area contributed by atoms with Crippen LogP contribution in [0.5, 0.6) is 0 Å². The summed E-state index contributed by atoms with van der Waals surface area (Å²) in [7, 11) is 4.40. The summed E-state index contributed by atoms with van der Waals surface area (Å²) >= 11 is 0. The zero-order chi connectivity index (χ0) is 30.9. The van der Waals surface area contributed by atoms with Crippen LogP contribution in [0, 0.1) is 25.7 Å². The molecule has 0 radical (unpaired) electrons. The maximum atomic E-state index is 4.87. The number of rotatable bonds is 4. The molecule has 0 bridgehead atoms. The minimum Gasteiger partial charge on any atom is -0.301 e. The molecule has 244 valence electrons. The fourth-order valence-corrected chi connectivity index (χ4v) is 5.60. The zero-order valence-corrected chi connectivity index (χ0v) is 29.0. The Morgan fingerprint density at radius 3 is 1.52 bits per heavy atom. The summed E-state index contributed by atoms with van der Waals surface area (Å²) in [6.07, 6.45) is 1.08. The lowest BCUT2D eigenvalue weighted by Gasteiger charge is -2.37. The first-order valence-corrected chi connectivity index (χ1v) is 15.9. The smallest absolute Gasteiger partial charge is 0.131 e. The molecule has 2 unspecified atom stereocenters. The number of hydrogen-bond acceptors (Lipinski definition) is 6. The van der Waals surface area contributed by atoms with E-state index in [-0.39, 0.29) is 14.9 Å². The topological polar surface area (TPSA) is 58.0 Å². The number of hydrogen-bond donors (Lipinski definition) is 0. The van der Waals surface area contributed by atoms with Gasteiger partial charge in [-0.2, -0.15) is 0 Å². The van der Waals surface area contributed by atoms with Crippen molar-refractivity contribution in [3.63, 3.8) is 0 Å². The van der Waals surface area contributed by atoms with Gasteiger partial charge in [0.25, 0.3) is 0 Å². The van der Waals surface area contributed by atoms with E-state index in [1.165, 1.54) is 33.9 Å². The summed E-state index contributed by atoms with van der Waals surface area (Å²) in [5.41, 5.74) is 7.67. The molecule has 0 fully saturated rings. The van der Waals surface area contributed by atoms with E-state index in [4.69, 9.17) is 9.97 Å². The molecule has 0 spiro atoms. The highest BCUT2D eigenvalue weighted by Crippen LogP contribution is 2.35. The van der Waals surface area contributed by atoms with Gasteiger partial charge >= 0.3 is 0 Å². The van der Waals surface area contributed by atoms with Gasteiger partial charge in [0.2, 0.25) is 0 Å². The van der Waals surface area contributed by atoms with Crippen LogP contribution in [0.2, 0.25) is 0 Å². The molecule has 2 atom stereocenters. The van der Waals surface area contributed by atoms with Crippen LogP contribution < -0.4 is 0 Å². The van der Waals surface area contributed by atoms with Crippen LogP contribution in [-0.2, 0) is 13.0 Å². The first-order chi connectivity index (χ1) is 18.8. The minimum absolute atomic E-state index is 0. The highest BCUT2D eigenvalue weighted by atomic mass is 15.2. The summed E-state index contributed by atoms with van der Waals surface area (Å²) in [5.74, 6) is 4.55. The molecule has 6 nitrogen and oxygen atoms in total. The third-order valence-corrected chi connectivity index (χ3v) is 7.75. The maximum absolute atomic E-state index is 4.87. The second-order valence-corrected chi connectivity index (χ2v) is 12.3. The van der Waals surface area contributed by atoms with Crippen molar-refractivity contribution in [1.29, 1.82) is 0 Å². The van der Waals surface area contributed by atoms with Crippen LogP contribution in [0.4, 0.5) is 0 Å². The fraction of sp³-hybridized carbons (Fsp3) is 0.778.